The lowest BCUT2D eigenvalue weighted by molar-refractivity contribution is 0.352. The van der Waals surface area contributed by atoms with Crippen LogP contribution in [0.25, 0.3) is 0 Å². The number of methoxy groups -OCH3 is 2. The second-order valence-corrected chi connectivity index (χ2v) is 4.06. The van der Waals surface area contributed by atoms with Crippen molar-refractivity contribution in [3.8, 4) is 11.5 Å². The molecule has 0 heterocycles. The van der Waals surface area contributed by atoms with Crippen LogP contribution in [0.5, 0.6) is 11.5 Å². The Hall–Kier alpha value is -0.740. The average Bonchev–Trinajstić information content (AvgIpc) is 2.25. The van der Waals surface area contributed by atoms with E-state index in [0.717, 1.165) is 28.8 Å². The second-order valence-electron chi connectivity index (χ2n) is 3.21. The molecule has 1 aromatic rings. The molecule has 0 aliphatic rings. The highest BCUT2D eigenvalue weighted by molar-refractivity contribution is 9.10. The molecule has 0 aliphatic carbocycles. The Bertz CT molecular complexity index is 329. The van der Waals surface area contributed by atoms with Crippen LogP contribution in [0.4, 0.5) is 0 Å². The van der Waals surface area contributed by atoms with E-state index in [-0.39, 0.29) is 0 Å². The minimum Gasteiger partial charge on any atom is -0.493 e. The molecule has 0 amide bonds. The summed E-state index contributed by atoms with van der Waals surface area (Å²) in [4.78, 5) is 0. The van der Waals surface area contributed by atoms with E-state index in [0.29, 0.717) is 6.54 Å². The molecule has 0 bridgehead atoms. The van der Waals surface area contributed by atoms with Crippen molar-refractivity contribution in [3.63, 3.8) is 0 Å². The minimum absolute atomic E-state index is 0.700. The van der Waals surface area contributed by atoms with Crippen molar-refractivity contribution in [3.05, 3.63) is 22.2 Å². The molecule has 3 nitrogen and oxygen atoms in total. The van der Waals surface area contributed by atoms with Gasteiger partial charge >= 0.3 is 0 Å². The monoisotopic (exact) mass is 273 g/mol. The van der Waals surface area contributed by atoms with Gasteiger partial charge in [-0.3, -0.25) is 0 Å². The van der Waals surface area contributed by atoms with Crippen LogP contribution in [0.15, 0.2) is 16.6 Å². The largest absolute Gasteiger partial charge is 0.493 e. The van der Waals surface area contributed by atoms with Gasteiger partial charge in [-0.15, -0.1) is 0 Å². The number of aryl methyl sites for hydroxylation is 1. The van der Waals surface area contributed by atoms with Gasteiger partial charge in [-0.2, -0.15) is 0 Å². The van der Waals surface area contributed by atoms with E-state index in [4.69, 9.17) is 15.2 Å². The Morgan fingerprint density at radius 1 is 1.27 bits per heavy atom. The zero-order chi connectivity index (χ0) is 11.3. The van der Waals surface area contributed by atoms with Gasteiger partial charge < -0.3 is 15.2 Å². The third-order valence-corrected chi connectivity index (χ3v) is 2.75. The average molecular weight is 274 g/mol. The SMILES string of the molecule is COc1cc(CCCN)cc(Br)c1OC. The number of rotatable bonds is 5. The second kappa shape index (κ2) is 5.98. The molecule has 0 fully saturated rings. The van der Waals surface area contributed by atoms with Crippen LogP contribution in [0.1, 0.15) is 12.0 Å². The summed E-state index contributed by atoms with van der Waals surface area (Å²) in [6.45, 7) is 0.700. The van der Waals surface area contributed by atoms with E-state index >= 15 is 0 Å². The summed E-state index contributed by atoms with van der Waals surface area (Å²) >= 11 is 3.45. The van der Waals surface area contributed by atoms with Gasteiger partial charge in [-0.1, -0.05) is 0 Å². The predicted octanol–water partition coefficient (Wildman–Crippen LogP) is 2.36. The van der Waals surface area contributed by atoms with Gasteiger partial charge in [0.25, 0.3) is 0 Å². The van der Waals surface area contributed by atoms with E-state index in [1.807, 2.05) is 12.1 Å². The first-order chi connectivity index (χ1) is 7.22. The van der Waals surface area contributed by atoms with Crippen molar-refractivity contribution < 1.29 is 9.47 Å². The van der Waals surface area contributed by atoms with Crippen molar-refractivity contribution >= 4 is 15.9 Å². The molecule has 0 radical (unpaired) electrons. The quantitative estimate of drug-likeness (QED) is 0.896. The Labute approximate surface area is 98.7 Å². The zero-order valence-corrected chi connectivity index (χ0v) is 10.6. The van der Waals surface area contributed by atoms with Crippen LogP contribution in [-0.4, -0.2) is 20.8 Å². The van der Waals surface area contributed by atoms with Crippen LogP contribution >= 0.6 is 15.9 Å². The maximum atomic E-state index is 5.47. The highest BCUT2D eigenvalue weighted by atomic mass is 79.9. The first-order valence-corrected chi connectivity index (χ1v) is 5.62. The van der Waals surface area contributed by atoms with Crippen LogP contribution < -0.4 is 15.2 Å². The molecule has 2 N–H and O–H groups in total. The lowest BCUT2D eigenvalue weighted by Crippen LogP contribution is -2.01. The van der Waals surface area contributed by atoms with E-state index in [2.05, 4.69) is 15.9 Å². The number of hydrogen-bond acceptors (Lipinski definition) is 3. The fourth-order valence-electron chi connectivity index (χ4n) is 1.42. The van der Waals surface area contributed by atoms with Gasteiger partial charge in [-0.05, 0) is 53.0 Å². The maximum absolute atomic E-state index is 5.47. The zero-order valence-electron chi connectivity index (χ0n) is 9.05. The molecule has 0 aromatic heterocycles. The molecule has 0 unspecified atom stereocenters. The van der Waals surface area contributed by atoms with Gasteiger partial charge in [0.1, 0.15) is 0 Å². The Morgan fingerprint density at radius 2 is 2.00 bits per heavy atom. The molecule has 0 saturated carbocycles. The molecule has 15 heavy (non-hydrogen) atoms. The summed E-state index contributed by atoms with van der Waals surface area (Å²) in [6, 6.07) is 4.02. The van der Waals surface area contributed by atoms with Gasteiger partial charge in [-0.25, -0.2) is 0 Å². The van der Waals surface area contributed by atoms with Gasteiger partial charge in [0, 0.05) is 0 Å². The Morgan fingerprint density at radius 3 is 2.53 bits per heavy atom. The van der Waals surface area contributed by atoms with Crippen LogP contribution in [-0.2, 0) is 6.42 Å². The number of halogens is 1. The summed E-state index contributed by atoms with van der Waals surface area (Å²) in [5, 5.41) is 0. The number of nitrogens with two attached hydrogens (primary N) is 1. The van der Waals surface area contributed by atoms with Gasteiger partial charge in [0.15, 0.2) is 11.5 Å². The molecule has 84 valence electrons. The third kappa shape index (κ3) is 3.11. The van der Waals surface area contributed by atoms with E-state index in [1.54, 1.807) is 14.2 Å². The van der Waals surface area contributed by atoms with Crippen molar-refractivity contribution in [1.82, 2.24) is 0 Å². The molecule has 0 aliphatic heterocycles. The van der Waals surface area contributed by atoms with Crippen molar-refractivity contribution in [2.24, 2.45) is 5.73 Å². The van der Waals surface area contributed by atoms with Crippen LogP contribution in [0.3, 0.4) is 0 Å². The summed E-state index contributed by atoms with van der Waals surface area (Å²) in [5.74, 6) is 1.48. The van der Waals surface area contributed by atoms with E-state index < -0.39 is 0 Å². The Balaban J connectivity index is 2.97. The number of ether oxygens (including phenoxy) is 2. The topological polar surface area (TPSA) is 44.5 Å². The van der Waals surface area contributed by atoms with Gasteiger partial charge in [0.05, 0.1) is 18.7 Å². The van der Waals surface area contributed by atoms with Crippen molar-refractivity contribution in [2.75, 3.05) is 20.8 Å². The fourth-order valence-corrected chi connectivity index (χ4v) is 2.07. The van der Waals surface area contributed by atoms with Crippen LogP contribution in [0.2, 0.25) is 0 Å². The minimum atomic E-state index is 0.700. The lowest BCUT2D eigenvalue weighted by atomic mass is 10.1. The lowest BCUT2D eigenvalue weighted by Gasteiger charge is -2.11. The summed E-state index contributed by atoms with van der Waals surface area (Å²) < 4.78 is 11.4. The third-order valence-electron chi connectivity index (χ3n) is 2.16. The molecule has 0 saturated heterocycles. The Kier molecular flexibility index (Phi) is 4.91. The molecular weight excluding hydrogens is 258 g/mol. The molecule has 1 aromatic carbocycles. The van der Waals surface area contributed by atoms with Crippen molar-refractivity contribution in [1.29, 1.82) is 0 Å². The molecule has 0 atom stereocenters. The van der Waals surface area contributed by atoms with Crippen molar-refractivity contribution in [2.45, 2.75) is 12.8 Å². The van der Waals surface area contributed by atoms with E-state index in [1.165, 1.54) is 5.56 Å². The molecule has 1 rings (SSSR count). The normalized spacial score (nSPS) is 10.1. The first kappa shape index (κ1) is 12.3. The molecular formula is C11H16BrNO2. The van der Waals surface area contributed by atoms with Crippen LogP contribution in [0, 0.1) is 0 Å². The summed E-state index contributed by atoms with van der Waals surface area (Å²) in [7, 11) is 3.26. The number of hydrogen-bond donors (Lipinski definition) is 1. The highest BCUT2D eigenvalue weighted by Crippen LogP contribution is 2.36. The predicted molar refractivity (Wildman–Crippen MR) is 64.6 cm³/mol. The fraction of sp³-hybridized carbons (Fsp3) is 0.455. The van der Waals surface area contributed by atoms with E-state index in [9.17, 15) is 0 Å². The summed E-state index contributed by atoms with van der Waals surface area (Å²) in [5.41, 5.74) is 6.67. The maximum Gasteiger partial charge on any atom is 0.174 e. The highest BCUT2D eigenvalue weighted by Gasteiger charge is 2.09. The molecule has 4 heteroatoms. The first-order valence-electron chi connectivity index (χ1n) is 4.83. The summed E-state index contributed by atoms with van der Waals surface area (Å²) in [6.07, 6.45) is 1.93. The standard InChI is InChI=1S/C11H16BrNO2/c1-14-10-7-8(4-3-5-13)6-9(12)11(10)15-2/h6-7H,3-5,13H2,1-2H3. The molecule has 0 spiro atoms. The van der Waals surface area contributed by atoms with Gasteiger partial charge in [0.2, 0.25) is 0 Å². The number of benzene rings is 1. The smallest absolute Gasteiger partial charge is 0.174 e.